The molecule has 0 bridgehead atoms. The van der Waals surface area contributed by atoms with Crippen LogP contribution < -0.4 is 20.2 Å². The van der Waals surface area contributed by atoms with E-state index >= 15 is 0 Å². The monoisotopic (exact) mass is 554 g/mol. The van der Waals surface area contributed by atoms with E-state index in [1.807, 2.05) is 0 Å². The molecule has 0 radical (unpaired) electrons. The highest BCUT2D eigenvalue weighted by Crippen LogP contribution is 2.33. The Bertz CT molecular complexity index is 1190. The lowest BCUT2D eigenvalue weighted by Gasteiger charge is -2.14. The normalized spacial score (nSPS) is 11.4. The highest BCUT2D eigenvalue weighted by Gasteiger charge is 2.30. The molecule has 0 atom stereocenters. The van der Waals surface area contributed by atoms with Crippen molar-refractivity contribution in [3.05, 3.63) is 76.1 Å². The molecule has 1 aromatic heterocycles. The summed E-state index contributed by atoms with van der Waals surface area (Å²) in [6.45, 7) is 1.78. The summed E-state index contributed by atoms with van der Waals surface area (Å²) in [5, 5.41) is 6.58. The van der Waals surface area contributed by atoms with Crippen LogP contribution in [0.15, 0.2) is 64.3 Å². The van der Waals surface area contributed by atoms with E-state index in [0.29, 0.717) is 40.0 Å². The van der Waals surface area contributed by atoms with Crippen LogP contribution in [-0.2, 0) is 11.0 Å². The maximum Gasteiger partial charge on any atom is 0.417 e. The summed E-state index contributed by atoms with van der Waals surface area (Å²) in [6.07, 6.45) is -2.35. The first-order chi connectivity index (χ1) is 16.7. The highest BCUT2D eigenvalue weighted by molar-refractivity contribution is 9.10. The number of carbonyl (C=O) groups excluding carboxylic acids is 1. The van der Waals surface area contributed by atoms with Crippen molar-refractivity contribution in [2.75, 3.05) is 24.0 Å². The maximum absolute atomic E-state index is 13.0. The van der Waals surface area contributed by atoms with Crippen LogP contribution in [0.25, 0.3) is 0 Å². The third kappa shape index (κ3) is 7.67. The second-order valence-corrected chi connectivity index (χ2v) is 7.75. The molecule has 1 heterocycles. The summed E-state index contributed by atoms with van der Waals surface area (Å²) in [5.74, 6) is -0.0987. The molecule has 2 N–H and O–H groups in total. The van der Waals surface area contributed by atoms with Gasteiger partial charge in [-0.2, -0.15) is 18.3 Å². The van der Waals surface area contributed by atoms with Gasteiger partial charge in [0, 0.05) is 21.9 Å². The molecule has 12 heteroatoms. The van der Waals surface area contributed by atoms with Gasteiger partial charge in [-0.15, -0.1) is 0 Å². The van der Waals surface area contributed by atoms with Crippen molar-refractivity contribution in [3.8, 4) is 11.5 Å². The average Bonchev–Trinajstić information content (AvgIpc) is 2.81. The average molecular weight is 555 g/mol. The van der Waals surface area contributed by atoms with Gasteiger partial charge in [0.15, 0.2) is 18.1 Å². The van der Waals surface area contributed by atoms with E-state index in [9.17, 15) is 22.4 Å². The van der Waals surface area contributed by atoms with Gasteiger partial charge in [-0.25, -0.2) is 9.37 Å². The molecule has 0 aliphatic carbocycles. The number of carbonyl (C=O) groups is 1. The Kier molecular flexibility index (Phi) is 8.63. The van der Waals surface area contributed by atoms with E-state index in [1.54, 1.807) is 19.1 Å². The molecule has 184 valence electrons. The zero-order valence-electron chi connectivity index (χ0n) is 18.2. The quantitative estimate of drug-likeness (QED) is 0.196. The van der Waals surface area contributed by atoms with Crippen LogP contribution in [-0.4, -0.2) is 30.3 Å². The SMILES string of the molecule is CCOc1cc(/C=N\Nc2ccc(C(F)(F)F)cn2)c(Br)cc1OCC(=O)Nc1ccc(F)cc1. The zero-order valence-corrected chi connectivity index (χ0v) is 19.8. The molecule has 7 nitrogen and oxygen atoms in total. The smallest absolute Gasteiger partial charge is 0.417 e. The predicted octanol–water partition coefficient (Wildman–Crippen LogP) is 5.86. The van der Waals surface area contributed by atoms with Crippen LogP contribution in [0.5, 0.6) is 11.5 Å². The first kappa shape index (κ1) is 25.9. The Hall–Kier alpha value is -3.67. The topological polar surface area (TPSA) is 84.8 Å². The van der Waals surface area contributed by atoms with Crippen LogP contribution in [0.3, 0.4) is 0 Å². The van der Waals surface area contributed by atoms with Gasteiger partial charge in [-0.3, -0.25) is 10.2 Å². The minimum Gasteiger partial charge on any atom is -0.490 e. The molecular formula is C23H19BrF4N4O3. The number of hydrogen-bond acceptors (Lipinski definition) is 6. The number of halogens is 5. The number of rotatable bonds is 9. The molecule has 0 aliphatic rings. The number of aromatic nitrogens is 1. The Morgan fingerprint density at radius 3 is 2.46 bits per heavy atom. The molecule has 0 saturated carbocycles. The van der Waals surface area contributed by atoms with Crippen molar-refractivity contribution in [1.82, 2.24) is 4.98 Å². The third-order valence-corrected chi connectivity index (χ3v) is 5.01. The summed E-state index contributed by atoms with van der Waals surface area (Å²) in [7, 11) is 0. The second-order valence-electron chi connectivity index (χ2n) is 6.90. The van der Waals surface area contributed by atoms with Crippen LogP contribution in [0.2, 0.25) is 0 Å². The van der Waals surface area contributed by atoms with Gasteiger partial charge >= 0.3 is 6.18 Å². The fourth-order valence-electron chi connectivity index (χ4n) is 2.70. The molecule has 3 aromatic rings. The van der Waals surface area contributed by atoms with Crippen molar-refractivity contribution < 1.29 is 31.8 Å². The number of hydrazone groups is 1. The maximum atomic E-state index is 13.0. The van der Waals surface area contributed by atoms with Crippen LogP contribution >= 0.6 is 15.9 Å². The van der Waals surface area contributed by atoms with Gasteiger partial charge in [0.2, 0.25) is 0 Å². The molecule has 35 heavy (non-hydrogen) atoms. The third-order valence-electron chi connectivity index (χ3n) is 4.32. The predicted molar refractivity (Wildman–Crippen MR) is 126 cm³/mol. The van der Waals surface area contributed by atoms with E-state index in [-0.39, 0.29) is 12.4 Å². The second kappa shape index (κ2) is 11.6. The standard InChI is InChI=1S/C23H19BrF4N4O3/c1-2-34-19-9-14(11-30-32-21-8-3-15(12-29-21)23(26,27)28)18(24)10-20(19)35-13-22(33)31-17-6-4-16(25)5-7-17/h3-12H,2,13H2,1H3,(H,29,32)(H,31,33)/b30-11-. The largest absolute Gasteiger partial charge is 0.490 e. The number of pyridine rings is 1. The molecule has 0 fully saturated rings. The van der Waals surface area contributed by atoms with Crippen molar-refractivity contribution in [3.63, 3.8) is 0 Å². The first-order valence-corrected chi connectivity index (χ1v) is 10.9. The lowest BCUT2D eigenvalue weighted by atomic mass is 10.2. The van der Waals surface area contributed by atoms with Gasteiger partial charge in [-0.05, 0) is 71.4 Å². The minimum atomic E-state index is -4.47. The van der Waals surface area contributed by atoms with Gasteiger partial charge in [-0.1, -0.05) is 0 Å². The summed E-state index contributed by atoms with van der Waals surface area (Å²) in [6, 6.07) is 10.6. The lowest BCUT2D eigenvalue weighted by Crippen LogP contribution is -2.20. The first-order valence-electron chi connectivity index (χ1n) is 10.1. The summed E-state index contributed by atoms with van der Waals surface area (Å²) < 4.78 is 62.6. The van der Waals surface area contributed by atoms with Gasteiger partial charge in [0.1, 0.15) is 11.6 Å². The van der Waals surface area contributed by atoms with E-state index in [1.165, 1.54) is 30.5 Å². The molecule has 3 rings (SSSR count). The van der Waals surface area contributed by atoms with Crippen LogP contribution in [0.4, 0.5) is 29.1 Å². The molecule has 0 saturated heterocycles. The van der Waals surface area contributed by atoms with E-state index in [0.717, 1.165) is 12.1 Å². The van der Waals surface area contributed by atoms with Gasteiger partial charge < -0.3 is 14.8 Å². The van der Waals surface area contributed by atoms with E-state index < -0.39 is 23.5 Å². The molecule has 0 spiro atoms. The van der Waals surface area contributed by atoms with E-state index in [4.69, 9.17) is 9.47 Å². The molecule has 0 aliphatic heterocycles. The number of nitrogens with one attached hydrogen (secondary N) is 2. The number of anilines is 2. The van der Waals surface area contributed by atoms with Crippen molar-refractivity contribution in [2.24, 2.45) is 5.10 Å². The molecule has 2 aromatic carbocycles. The highest BCUT2D eigenvalue weighted by atomic mass is 79.9. The zero-order chi connectivity index (χ0) is 25.4. The Morgan fingerprint density at radius 1 is 1.11 bits per heavy atom. The van der Waals surface area contributed by atoms with Gasteiger partial charge in [0.05, 0.1) is 18.4 Å². The van der Waals surface area contributed by atoms with Crippen LogP contribution in [0.1, 0.15) is 18.1 Å². The molecule has 1 amide bonds. The van der Waals surface area contributed by atoms with E-state index in [2.05, 4.69) is 36.8 Å². The summed E-state index contributed by atoms with van der Waals surface area (Å²) in [4.78, 5) is 15.8. The Morgan fingerprint density at radius 2 is 1.83 bits per heavy atom. The van der Waals surface area contributed by atoms with Crippen molar-refractivity contribution in [1.29, 1.82) is 0 Å². The minimum absolute atomic E-state index is 0.127. The number of hydrogen-bond donors (Lipinski definition) is 2. The number of alkyl halides is 3. The number of ether oxygens (including phenoxy) is 2. The van der Waals surface area contributed by atoms with Crippen molar-refractivity contribution >= 4 is 39.6 Å². The van der Waals surface area contributed by atoms with Crippen molar-refractivity contribution in [2.45, 2.75) is 13.1 Å². The van der Waals surface area contributed by atoms with Gasteiger partial charge in [0.25, 0.3) is 5.91 Å². The number of benzene rings is 2. The summed E-state index contributed by atoms with van der Waals surface area (Å²) in [5.41, 5.74) is 2.68. The fraction of sp³-hybridized carbons (Fsp3) is 0.174. The Labute approximate surface area is 206 Å². The summed E-state index contributed by atoms with van der Waals surface area (Å²) >= 11 is 3.39. The number of nitrogens with zero attached hydrogens (tertiary/aromatic N) is 2. The molecule has 0 unspecified atom stereocenters. The Balaban J connectivity index is 1.65. The fourth-order valence-corrected chi connectivity index (χ4v) is 3.12. The number of amides is 1. The lowest BCUT2D eigenvalue weighted by molar-refractivity contribution is -0.137. The van der Waals surface area contributed by atoms with Crippen LogP contribution in [0, 0.1) is 5.82 Å². The molecular weight excluding hydrogens is 536 g/mol.